The highest BCUT2D eigenvalue weighted by Crippen LogP contribution is 2.08. The van der Waals surface area contributed by atoms with Gasteiger partial charge in [0.05, 0.1) is 12.3 Å². The van der Waals surface area contributed by atoms with Gasteiger partial charge in [-0.3, -0.25) is 0 Å². The van der Waals surface area contributed by atoms with Gasteiger partial charge in [-0.25, -0.2) is 13.4 Å². The lowest BCUT2D eigenvalue weighted by atomic mass is 10.1. The molecule has 0 atom stereocenters. The number of nitrogens with zero attached hydrogens (tertiary/aromatic N) is 1. The minimum absolute atomic E-state index is 0.0785. The maximum Gasteiger partial charge on any atom is 0.191 e. The molecule has 0 saturated heterocycles. The van der Waals surface area contributed by atoms with Gasteiger partial charge in [0.1, 0.15) is 0 Å². The first-order chi connectivity index (χ1) is 10.3. The van der Waals surface area contributed by atoms with Gasteiger partial charge in [-0.15, -0.1) is 0 Å². The van der Waals surface area contributed by atoms with E-state index in [1.807, 2.05) is 31.2 Å². The second-order valence-electron chi connectivity index (χ2n) is 5.86. The molecule has 0 saturated carbocycles. The van der Waals surface area contributed by atoms with E-state index in [1.165, 1.54) is 6.26 Å². The van der Waals surface area contributed by atoms with Crippen LogP contribution in [0.5, 0.6) is 0 Å². The average molecular weight is 325 g/mol. The molecule has 1 aromatic carbocycles. The van der Waals surface area contributed by atoms with Crippen LogP contribution in [0.4, 0.5) is 0 Å². The largest absolute Gasteiger partial charge is 0.357 e. The summed E-state index contributed by atoms with van der Waals surface area (Å²) in [5, 5.41) is 6.50. The van der Waals surface area contributed by atoms with Gasteiger partial charge in [0, 0.05) is 19.3 Å². The summed E-state index contributed by atoms with van der Waals surface area (Å²) in [5.41, 5.74) is 1.86. The third-order valence-corrected chi connectivity index (χ3v) is 3.75. The van der Waals surface area contributed by atoms with E-state index >= 15 is 0 Å². The van der Waals surface area contributed by atoms with Gasteiger partial charge < -0.3 is 10.6 Å². The van der Waals surface area contributed by atoms with Gasteiger partial charge in [-0.05, 0) is 24.0 Å². The first-order valence-electron chi connectivity index (χ1n) is 7.58. The molecule has 0 heterocycles. The summed E-state index contributed by atoms with van der Waals surface area (Å²) in [6.07, 6.45) is 1.24. The fraction of sp³-hybridized carbons (Fsp3) is 0.562. The van der Waals surface area contributed by atoms with Gasteiger partial charge in [-0.2, -0.15) is 0 Å². The van der Waals surface area contributed by atoms with Crippen LogP contribution in [0.3, 0.4) is 0 Å². The molecule has 0 spiro atoms. The van der Waals surface area contributed by atoms with E-state index in [1.54, 1.807) is 0 Å². The lowest BCUT2D eigenvalue weighted by Crippen LogP contribution is -2.39. The van der Waals surface area contributed by atoms with E-state index in [-0.39, 0.29) is 5.75 Å². The molecule has 0 aliphatic heterocycles. The van der Waals surface area contributed by atoms with E-state index in [9.17, 15) is 8.42 Å². The Morgan fingerprint density at radius 1 is 1.14 bits per heavy atom. The average Bonchev–Trinajstić information content (AvgIpc) is 2.41. The number of sulfone groups is 1. The molecule has 1 rings (SSSR count). The SMILES string of the molecule is CCNC(=NCc1ccc(CS(C)(=O)=O)cc1)NCC(C)C. The normalized spacial score (nSPS) is 12.5. The van der Waals surface area contributed by atoms with E-state index in [0.717, 1.165) is 30.2 Å². The van der Waals surface area contributed by atoms with Gasteiger partial charge in [-0.1, -0.05) is 38.1 Å². The molecule has 0 aliphatic rings. The number of rotatable bonds is 7. The maximum atomic E-state index is 11.3. The summed E-state index contributed by atoms with van der Waals surface area (Å²) >= 11 is 0. The number of hydrogen-bond acceptors (Lipinski definition) is 3. The van der Waals surface area contributed by atoms with Gasteiger partial charge >= 0.3 is 0 Å². The second-order valence-corrected chi connectivity index (χ2v) is 8.00. The summed E-state index contributed by atoms with van der Waals surface area (Å²) < 4.78 is 22.5. The third-order valence-electron chi connectivity index (χ3n) is 2.89. The monoisotopic (exact) mass is 325 g/mol. The fourth-order valence-electron chi connectivity index (χ4n) is 1.86. The van der Waals surface area contributed by atoms with Crippen LogP contribution < -0.4 is 10.6 Å². The molecule has 6 heteroatoms. The summed E-state index contributed by atoms with van der Waals surface area (Å²) in [6, 6.07) is 7.55. The quantitative estimate of drug-likeness (QED) is 0.594. The molecule has 124 valence electrons. The van der Waals surface area contributed by atoms with Crippen molar-refractivity contribution in [3.63, 3.8) is 0 Å². The Morgan fingerprint density at radius 2 is 1.73 bits per heavy atom. The Bertz CT molecular complexity index is 578. The van der Waals surface area contributed by atoms with Gasteiger partial charge in [0.15, 0.2) is 15.8 Å². The molecule has 0 amide bonds. The number of hydrogen-bond donors (Lipinski definition) is 2. The Balaban J connectivity index is 2.65. The first kappa shape index (κ1) is 18.5. The molecular formula is C16H27N3O2S. The second kappa shape index (κ2) is 8.78. The standard InChI is InChI=1S/C16H27N3O2S/c1-5-17-16(18-10-13(2)3)19-11-14-6-8-15(9-7-14)12-22(4,20)21/h6-9,13H,5,10-12H2,1-4H3,(H2,17,18,19). The van der Waals surface area contributed by atoms with E-state index in [4.69, 9.17) is 0 Å². The molecule has 2 N–H and O–H groups in total. The molecule has 1 aromatic rings. The van der Waals surface area contributed by atoms with Gasteiger partial charge in [0.25, 0.3) is 0 Å². The topological polar surface area (TPSA) is 70.6 Å². The Kier molecular flexibility index (Phi) is 7.38. The highest BCUT2D eigenvalue weighted by Gasteiger charge is 2.04. The van der Waals surface area contributed by atoms with Crippen LogP contribution >= 0.6 is 0 Å². The van der Waals surface area contributed by atoms with Crippen molar-refractivity contribution in [2.24, 2.45) is 10.9 Å². The van der Waals surface area contributed by atoms with Crippen molar-refractivity contribution >= 4 is 15.8 Å². The molecule has 0 unspecified atom stereocenters. The summed E-state index contributed by atoms with van der Waals surface area (Å²) in [7, 11) is -2.99. The van der Waals surface area contributed by atoms with Crippen LogP contribution in [0.1, 0.15) is 31.9 Å². The maximum absolute atomic E-state index is 11.3. The van der Waals surface area contributed by atoms with Crippen molar-refractivity contribution in [3.05, 3.63) is 35.4 Å². The van der Waals surface area contributed by atoms with Crippen LogP contribution in [0.15, 0.2) is 29.3 Å². The predicted molar refractivity (Wildman–Crippen MR) is 92.6 cm³/mol. The van der Waals surface area contributed by atoms with Crippen molar-refractivity contribution in [2.45, 2.75) is 33.1 Å². The zero-order valence-electron chi connectivity index (χ0n) is 13.9. The van der Waals surface area contributed by atoms with E-state index < -0.39 is 9.84 Å². The molecule has 0 fully saturated rings. The van der Waals surface area contributed by atoms with Crippen molar-refractivity contribution in [2.75, 3.05) is 19.3 Å². The number of aliphatic imine (C=N–C) groups is 1. The Hall–Kier alpha value is -1.56. The smallest absolute Gasteiger partial charge is 0.191 e. The van der Waals surface area contributed by atoms with E-state index in [0.29, 0.717) is 12.5 Å². The van der Waals surface area contributed by atoms with Crippen molar-refractivity contribution in [1.29, 1.82) is 0 Å². The molecule has 0 aliphatic carbocycles. The minimum Gasteiger partial charge on any atom is -0.357 e. The van der Waals surface area contributed by atoms with Crippen LogP contribution in [0.2, 0.25) is 0 Å². The number of benzene rings is 1. The summed E-state index contributed by atoms with van der Waals surface area (Å²) in [5.74, 6) is 1.44. The van der Waals surface area contributed by atoms with Gasteiger partial charge in [0.2, 0.25) is 0 Å². The van der Waals surface area contributed by atoms with E-state index in [2.05, 4.69) is 29.5 Å². The summed E-state index contributed by atoms with van der Waals surface area (Å²) in [4.78, 5) is 4.54. The first-order valence-corrected chi connectivity index (χ1v) is 9.64. The molecule has 0 aromatic heterocycles. The fourth-order valence-corrected chi connectivity index (χ4v) is 2.65. The minimum atomic E-state index is -2.99. The zero-order valence-corrected chi connectivity index (χ0v) is 14.7. The van der Waals surface area contributed by atoms with Crippen LogP contribution in [-0.2, 0) is 22.1 Å². The predicted octanol–water partition coefficient (Wildman–Crippen LogP) is 1.94. The Morgan fingerprint density at radius 3 is 2.23 bits per heavy atom. The van der Waals surface area contributed by atoms with Crippen LogP contribution in [-0.4, -0.2) is 33.7 Å². The highest BCUT2D eigenvalue weighted by molar-refractivity contribution is 7.89. The Labute approximate surface area is 134 Å². The molecule has 0 radical (unpaired) electrons. The van der Waals surface area contributed by atoms with Crippen molar-refractivity contribution < 1.29 is 8.42 Å². The summed E-state index contributed by atoms with van der Waals surface area (Å²) in [6.45, 7) is 8.59. The number of guanidine groups is 1. The zero-order chi connectivity index (χ0) is 16.6. The van der Waals surface area contributed by atoms with Crippen molar-refractivity contribution in [3.8, 4) is 0 Å². The molecule has 0 bridgehead atoms. The molecule has 5 nitrogen and oxygen atoms in total. The lowest BCUT2D eigenvalue weighted by Gasteiger charge is -2.13. The molecule has 22 heavy (non-hydrogen) atoms. The van der Waals surface area contributed by atoms with Crippen LogP contribution in [0, 0.1) is 5.92 Å². The van der Waals surface area contributed by atoms with Crippen molar-refractivity contribution in [1.82, 2.24) is 10.6 Å². The third kappa shape index (κ3) is 8.02. The molecular weight excluding hydrogens is 298 g/mol. The number of nitrogens with one attached hydrogen (secondary N) is 2. The lowest BCUT2D eigenvalue weighted by molar-refractivity contribution is 0.601. The highest BCUT2D eigenvalue weighted by atomic mass is 32.2. The van der Waals surface area contributed by atoms with Crippen LogP contribution in [0.25, 0.3) is 0 Å².